The maximum absolute atomic E-state index is 11.4. The molecule has 1 aliphatic carbocycles. The molecule has 2 unspecified atom stereocenters. The van der Waals surface area contributed by atoms with E-state index in [4.69, 9.17) is 16.2 Å². The van der Waals surface area contributed by atoms with Crippen molar-refractivity contribution < 1.29 is 9.53 Å². The van der Waals surface area contributed by atoms with Crippen LogP contribution >= 0.6 is 0 Å². The summed E-state index contributed by atoms with van der Waals surface area (Å²) in [4.78, 5) is 11.4. The first-order valence-electron chi connectivity index (χ1n) is 6.35. The summed E-state index contributed by atoms with van der Waals surface area (Å²) in [7, 11) is 1.72. The zero-order valence-electron chi connectivity index (χ0n) is 11.6. The van der Waals surface area contributed by atoms with E-state index in [1.165, 1.54) is 0 Å². The fourth-order valence-electron chi connectivity index (χ4n) is 2.64. The number of nitrogens with one attached hydrogen (secondary N) is 1. The molecule has 0 aliphatic heterocycles. The summed E-state index contributed by atoms with van der Waals surface area (Å²) >= 11 is 0. The Hall–Kier alpha value is -1.75. The highest BCUT2D eigenvalue weighted by Crippen LogP contribution is 2.44. The van der Waals surface area contributed by atoms with Crippen molar-refractivity contribution in [3.8, 4) is 0 Å². The van der Waals surface area contributed by atoms with E-state index in [-0.39, 0.29) is 17.6 Å². The van der Waals surface area contributed by atoms with Gasteiger partial charge in [-0.25, -0.2) is 0 Å². The van der Waals surface area contributed by atoms with Gasteiger partial charge < -0.3 is 21.5 Å². The monoisotopic (exact) mass is 263 g/mol. The summed E-state index contributed by atoms with van der Waals surface area (Å²) in [6.45, 7) is 4.26. The number of carbonyl (C=O) groups excluding carboxylic acids is 1. The molecule has 1 fully saturated rings. The van der Waals surface area contributed by atoms with Gasteiger partial charge in [-0.15, -0.1) is 0 Å². The molecule has 1 aromatic rings. The van der Waals surface area contributed by atoms with Crippen molar-refractivity contribution in [3.63, 3.8) is 0 Å². The number of primary amides is 1. The SMILES string of the molecule is COC1CC(Nc2c(N)cccc2C(N)=O)C1(C)C. The van der Waals surface area contributed by atoms with Gasteiger partial charge in [0.2, 0.25) is 0 Å². The molecular formula is C14H21N3O2. The number of anilines is 2. The minimum atomic E-state index is -0.477. The average molecular weight is 263 g/mol. The molecule has 19 heavy (non-hydrogen) atoms. The molecular weight excluding hydrogens is 242 g/mol. The van der Waals surface area contributed by atoms with Gasteiger partial charge in [-0.1, -0.05) is 19.9 Å². The second-order valence-corrected chi connectivity index (χ2v) is 5.61. The smallest absolute Gasteiger partial charge is 0.250 e. The van der Waals surface area contributed by atoms with Crippen LogP contribution < -0.4 is 16.8 Å². The van der Waals surface area contributed by atoms with Gasteiger partial charge in [0.05, 0.1) is 23.0 Å². The van der Waals surface area contributed by atoms with E-state index >= 15 is 0 Å². The first kappa shape index (κ1) is 13.7. The van der Waals surface area contributed by atoms with Crippen molar-refractivity contribution >= 4 is 17.3 Å². The number of carbonyl (C=O) groups is 1. The summed E-state index contributed by atoms with van der Waals surface area (Å²) in [5.74, 6) is -0.477. The van der Waals surface area contributed by atoms with Crippen LogP contribution in [-0.2, 0) is 4.74 Å². The zero-order chi connectivity index (χ0) is 14.2. The number of rotatable bonds is 4. The summed E-state index contributed by atoms with van der Waals surface area (Å²) in [6.07, 6.45) is 1.10. The van der Waals surface area contributed by atoms with Crippen LogP contribution in [0, 0.1) is 5.41 Å². The molecule has 0 saturated heterocycles. The van der Waals surface area contributed by atoms with Gasteiger partial charge in [0.15, 0.2) is 0 Å². The molecule has 2 atom stereocenters. The number of amides is 1. The molecule has 2 rings (SSSR count). The van der Waals surface area contributed by atoms with Gasteiger partial charge in [0, 0.05) is 18.6 Å². The third kappa shape index (κ3) is 2.26. The fourth-order valence-corrected chi connectivity index (χ4v) is 2.64. The molecule has 5 nitrogen and oxygen atoms in total. The lowest BCUT2D eigenvalue weighted by Gasteiger charge is -2.51. The van der Waals surface area contributed by atoms with Crippen LogP contribution in [0.5, 0.6) is 0 Å². The molecule has 1 saturated carbocycles. The number of nitrogens with two attached hydrogens (primary N) is 2. The minimum absolute atomic E-state index is 0.00799. The maximum atomic E-state index is 11.4. The van der Waals surface area contributed by atoms with Gasteiger partial charge in [-0.3, -0.25) is 4.79 Å². The van der Waals surface area contributed by atoms with Crippen LogP contribution in [0.4, 0.5) is 11.4 Å². The van der Waals surface area contributed by atoms with E-state index in [9.17, 15) is 4.79 Å². The van der Waals surface area contributed by atoms with E-state index in [0.717, 1.165) is 6.42 Å². The van der Waals surface area contributed by atoms with Crippen LogP contribution in [0.25, 0.3) is 0 Å². The standard InChI is InChI=1S/C14H21N3O2/c1-14(2)10(7-11(14)19-3)17-12-8(13(16)18)5-4-6-9(12)15/h4-6,10-11,17H,7,15H2,1-3H3,(H2,16,18). The Morgan fingerprint density at radius 3 is 2.68 bits per heavy atom. The number of para-hydroxylation sites is 1. The molecule has 0 spiro atoms. The molecule has 5 N–H and O–H groups in total. The highest BCUT2D eigenvalue weighted by atomic mass is 16.5. The third-order valence-corrected chi connectivity index (χ3v) is 4.14. The van der Waals surface area contributed by atoms with Crippen LogP contribution in [-0.4, -0.2) is 25.2 Å². The van der Waals surface area contributed by atoms with Crippen LogP contribution in [0.1, 0.15) is 30.6 Å². The van der Waals surface area contributed by atoms with E-state index < -0.39 is 5.91 Å². The number of hydrogen-bond donors (Lipinski definition) is 3. The number of ether oxygens (including phenoxy) is 1. The lowest BCUT2D eigenvalue weighted by molar-refractivity contribution is -0.0794. The molecule has 5 heteroatoms. The van der Waals surface area contributed by atoms with Crippen molar-refractivity contribution in [1.29, 1.82) is 0 Å². The number of hydrogen-bond acceptors (Lipinski definition) is 4. The molecule has 1 aliphatic rings. The summed E-state index contributed by atoms with van der Waals surface area (Å²) in [5, 5.41) is 3.35. The Morgan fingerprint density at radius 1 is 1.47 bits per heavy atom. The molecule has 0 heterocycles. The van der Waals surface area contributed by atoms with E-state index in [1.54, 1.807) is 25.3 Å². The molecule has 1 amide bonds. The topological polar surface area (TPSA) is 90.4 Å². The second-order valence-electron chi connectivity index (χ2n) is 5.61. The number of methoxy groups -OCH3 is 1. The summed E-state index contributed by atoms with van der Waals surface area (Å²) in [6, 6.07) is 5.37. The van der Waals surface area contributed by atoms with Crippen molar-refractivity contribution in [2.75, 3.05) is 18.2 Å². The Labute approximate surface area is 113 Å². The van der Waals surface area contributed by atoms with Crippen molar-refractivity contribution in [3.05, 3.63) is 23.8 Å². The van der Waals surface area contributed by atoms with E-state index in [0.29, 0.717) is 16.9 Å². The average Bonchev–Trinajstić information content (AvgIpc) is 2.34. The first-order chi connectivity index (χ1) is 8.87. The lowest BCUT2D eigenvalue weighted by Crippen LogP contribution is -2.57. The maximum Gasteiger partial charge on any atom is 0.250 e. The molecule has 0 aromatic heterocycles. The van der Waals surface area contributed by atoms with E-state index in [2.05, 4.69) is 19.2 Å². The van der Waals surface area contributed by atoms with Gasteiger partial charge in [0.1, 0.15) is 0 Å². The quantitative estimate of drug-likeness (QED) is 0.719. The Morgan fingerprint density at radius 2 is 2.16 bits per heavy atom. The van der Waals surface area contributed by atoms with Crippen molar-refractivity contribution in [2.24, 2.45) is 11.1 Å². The molecule has 1 aromatic carbocycles. The number of benzene rings is 1. The van der Waals surface area contributed by atoms with Gasteiger partial charge >= 0.3 is 0 Å². The zero-order valence-corrected chi connectivity index (χ0v) is 11.6. The Bertz CT molecular complexity index is 499. The molecule has 0 radical (unpaired) electrons. The van der Waals surface area contributed by atoms with Gasteiger partial charge in [-0.05, 0) is 18.6 Å². The minimum Gasteiger partial charge on any atom is -0.397 e. The van der Waals surface area contributed by atoms with Crippen molar-refractivity contribution in [1.82, 2.24) is 0 Å². The number of nitrogen functional groups attached to an aromatic ring is 1. The Balaban J connectivity index is 2.24. The predicted octanol–water partition coefficient (Wildman–Crippen LogP) is 1.59. The largest absolute Gasteiger partial charge is 0.397 e. The van der Waals surface area contributed by atoms with Crippen LogP contribution in [0.3, 0.4) is 0 Å². The van der Waals surface area contributed by atoms with Gasteiger partial charge in [0.25, 0.3) is 5.91 Å². The third-order valence-electron chi connectivity index (χ3n) is 4.14. The van der Waals surface area contributed by atoms with Crippen LogP contribution in [0.15, 0.2) is 18.2 Å². The fraction of sp³-hybridized carbons (Fsp3) is 0.500. The second kappa shape index (κ2) is 4.74. The van der Waals surface area contributed by atoms with Gasteiger partial charge in [-0.2, -0.15) is 0 Å². The van der Waals surface area contributed by atoms with Crippen molar-refractivity contribution in [2.45, 2.75) is 32.4 Å². The highest BCUT2D eigenvalue weighted by molar-refractivity contribution is 6.01. The lowest BCUT2D eigenvalue weighted by atomic mass is 9.64. The first-order valence-corrected chi connectivity index (χ1v) is 6.35. The Kier molecular flexibility index (Phi) is 3.41. The van der Waals surface area contributed by atoms with Crippen LogP contribution in [0.2, 0.25) is 0 Å². The van der Waals surface area contributed by atoms with E-state index in [1.807, 2.05) is 0 Å². The highest BCUT2D eigenvalue weighted by Gasteiger charge is 2.48. The normalized spacial score (nSPS) is 24.6. The molecule has 104 valence electrons. The predicted molar refractivity (Wildman–Crippen MR) is 76.0 cm³/mol. The summed E-state index contributed by atoms with van der Waals surface area (Å²) in [5.41, 5.74) is 12.9. The summed E-state index contributed by atoms with van der Waals surface area (Å²) < 4.78 is 5.41. The molecule has 0 bridgehead atoms.